The molecule has 0 saturated heterocycles. The summed E-state index contributed by atoms with van der Waals surface area (Å²) >= 11 is 5.88. The maximum atomic E-state index is 12.5. The van der Waals surface area contributed by atoms with Crippen LogP contribution in [0, 0.1) is 0 Å². The monoisotopic (exact) mass is 368 g/mol. The minimum atomic E-state index is -0.0491. The topological polar surface area (TPSA) is 41.6 Å². The molecule has 0 fully saturated rings. The Morgan fingerprint density at radius 1 is 1.17 bits per heavy atom. The van der Waals surface area contributed by atoms with E-state index >= 15 is 0 Å². The second-order valence-electron chi connectivity index (χ2n) is 5.24. The number of likely N-dealkylation sites (N-methyl/N-ethyl adjacent to an activating group) is 2. The fourth-order valence-electron chi connectivity index (χ4n) is 2.10. The molecular formula is C18H22Cl2N2O2. The van der Waals surface area contributed by atoms with Crippen LogP contribution < -0.4 is 10.1 Å². The Labute approximate surface area is 154 Å². The van der Waals surface area contributed by atoms with Crippen molar-refractivity contribution in [3.05, 3.63) is 64.7 Å². The van der Waals surface area contributed by atoms with Crippen LogP contribution in [-0.4, -0.2) is 38.0 Å². The van der Waals surface area contributed by atoms with Crippen LogP contribution in [0.4, 0.5) is 0 Å². The number of hydrogen-bond donors (Lipinski definition) is 1. The Balaban J connectivity index is 0.00000288. The highest BCUT2D eigenvalue weighted by atomic mass is 35.5. The molecule has 0 aliphatic carbocycles. The molecule has 0 heterocycles. The van der Waals surface area contributed by atoms with Crippen LogP contribution in [0.3, 0.4) is 0 Å². The van der Waals surface area contributed by atoms with Crippen LogP contribution in [-0.2, 0) is 6.61 Å². The van der Waals surface area contributed by atoms with Gasteiger partial charge in [-0.1, -0.05) is 35.9 Å². The van der Waals surface area contributed by atoms with Crippen molar-refractivity contribution in [2.75, 3.05) is 27.2 Å². The Morgan fingerprint density at radius 3 is 2.50 bits per heavy atom. The molecule has 0 aliphatic heterocycles. The van der Waals surface area contributed by atoms with E-state index in [1.165, 1.54) is 0 Å². The van der Waals surface area contributed by atoms with Gasteiger partial charge in [0.15, 0.2) is 0 Å². The molecule has 0 atom stereocenters. The Bertz CT molecular complexity index is 648. The third-order valence-electron chi connectivity index (χ3n) is 3.47. The number of carbonyl (C=O) groups excluding carboxylic acids is 1. The van der Waals surface area contributed by atoms with Crippen LogP contribution in [0.2, 0.25) is 5.02 Å². The number of benzene rings is 2. The smallest absolute Gasteiger partial charge is 0.257 e. The second kappa shape index (κ2) is 10.2. The van der Waals surface area contributed by atoms with Crippen molar-refractivity contribution in [3.8, 4) is 5.75 Å². The SMILES string of the molecule is CNCCN(C)C(=O)c1ccccc1OCc1ccc(Cl)cc1.Cl. The van der Waals surface area contributed by atoms with E-state index in [0.29, 0.717) is 29.5 Å². The standard InChI is InChI=1S/C18H21ClN2O2.ClH/c1-20-11-12-21(2)18(22)16-5-3-4-6-17(16)23-13-14-7-9-15(19)10-8-14;/h3-10,20H,11-13H2,1-2H3;1H. The molecule has 4 nitrogen and oxygen atoms in total. The van der Waals surface area contributed by atoms with Crippen LogP contribution in [0.15, 0.2) is 48.5 Å². The van der Waals surface area contributed by atoms with Gasteiger partial charge < -0.3 is 15.0 Å². The van der Waals surface area contributed by atoms with Gasteiger partial charge in [-0.05, 0) is 36.9 Å². The quantitative estimate of drug-likeness (QED) is 0.810. The van der Waals surface area contributed by atoms with Crippen molar-refractivity contribution >= 4 is 29.9 Å². The zero-order valence-electron chi connectivity index (χ0n) is 13.8. The summed E-state index contributed by atoms with van der Waals surface area (Å²) in [6.07, 6.45) is 0. The lowest BCUT2D eigenvalue weighted by Crippen LogP contribution is -2.33. The summed E-state index contributed by atoms with van der Waals surface area (Å²) in [4.78, 5) is 14.2. The van der Waals surface area contributed by atoms with Gasteiger partial charge in [-0.25, -0.2) is 0 Å². The molecule has 0 bridgehead atoms. The summed E-state index contributed by atoms with van der Waals surface area (Å²) < 4.78 is 5.83. The van der Waals surface area contributed by atoms with Crippen LogP contribution in [0.5, 0.6) is 5.75 Å². The first-order valence-corrected chi connectivity index (χ1v) is 7.86. The maximum absolute atomic E-state index is 12.5. The predicted octanol–water partition coefficient (Wildman–Crippen LogP) is 3.63. The lowest BCUT2D eigenvalue weighted by atomic mass is 10.1. The molecule has 0 radical (unpaired) electrons. The summed E-state index contributed by atoms with van der Waals surface area (Å²) in [6, 6.07) is 14.8. The summed E-state index contributed by atoms with van der Waals surface area (Å²) in [5, 5.41) is 3.73. The van der Waals surface area contributed by atoms with Gasteiger partial charge >= 0.3 is 0 Å². The molecule has 24 heavy (non-hydrogen) atoms. The maximum Gasteiger partial charge on any atom is 0.257 e. The lowest BCUT2D eigenvalue weighted by Gasteiger charge is -2.19. The molecular weight excluding hydrogens is 347 g/mol. The van der Waals surface area contributed by atoms with Gasteiger partial charge in [0.05, 0.1) is 5.56 Å². The molecule has 0 aliphatic rings. The molecule has 1 amide bonds. The van der Waals surface area contributed by atoms with Crippen LogP contribution in [0.25, 0.3) is 0 Å². The molecule has 0 unspecified atom stereocenters. The van der Waals surface area contributed by atoms with Gasteiger partial charge in [0, 0.05) is 25.2 Å². The highest BCUT2D eigenvalue weighted by molar-refractivity contribution is 6.30. The van der Waals surface area contributed by atoms with Gasteiger partial charge in [-0.15, -0.1) is 12.4 Å². The number of nitrogens with one attached hydrogen (secondary N) is 1. The van der Waals surface area contributed by atoms with Crippen LogP contribution in [0.1, 0.15) is 15.9 Å². The molecule has 0 saturated carbocycles. The molecule has 2 rings (SSSR count). The number of nitrogens with zero attached hydrogens (tertiary/aromatic N) is 1. The first-order valence-electron chi connectivity index (χ1n) is 7.48. The van der Waals surface area contributed by atoms with Gasteiger partial charge in [0.25, 0.3) is 5.91 Å². The molecule has 6 heteroatoms. The molecule has 0 spiro atoms. The Kier molecular flexibility index (Phi) is 8.61. The number of para-hydroxylation sites is 1. The largest absolute Gasteiger partial charge is 0.488 e. The minimum Gasteiger partial charge on any atom is -0.488 e. The number of amides is 1. The normalized spacial score (nSPS) is 9.96. The molecule has 0 aromatic heterocycles. The number of ether oxygens (including phenoxy) is 1. The zero-order chi connectivity index (χ0) is 16.7. The van der Waals surface area contributed by atoms with Crippen molar-refractivity contribution in [1.82, 2.24) is 10.2 Å². The lowest BCUT2D eigenvalue weighted by molar-refractivity contribution is 0.0792. The fraction of sp³-hybridized carbons (Fsp3) is 0.278. The summed E-state index contributed by atoms with van der Waals surface area (Å²) in [5.41, 5.74) is 1.57. The van der Waals surface area contributed by atoms with Gasteiger partial charge in [0.1, 0.15) is 12.4 Å². The average molecular weight is 369 g/mol. The van der Waals surface area contributed by atoms with E-state index in [1.54, 1.807) is 18.0 Å². The number of halogens is 2. The van der Waals surface area contributed by atoms with Crippen molar-refractivity contribution in [2.45, 2.75) is 6.61 Å². The fourth-order valence-corrected chi connectivity index (χ4v) is 2.22. The molecule has 2 aromatic carbocycles. The van der Waals surface area contributed by atoms with E-state index in [1.807, 2.05) is 49.5 Å². The second-order valence-corrected chi connectivity index (χ2v) is 5.68. The molecule has 2 aromatic rings. The van der Waals surface area contributed by atoms with E-state index in [9.17, 15) is 4.79 Å². The third kappa shape index (κ3) is 5.71. The number of rotatable bonds is 7. The van der Waals surface area contributed by atoms with E-state index in [-0.39, 0.29) is 18.3 Å². The van der Waals surface area contributed by atoms with Crippen molar-refractivity contribution < 1.29 is 9.53 Å². The third-order valence-corrected chi connectivity index (χ3v) is 3.72. The first kappa shape index (κ1) is 20.3. The van der Waals surface area contributed by atoms with Crippen LogP contribution >= 0.6 is 24.0 Å². The summed E-state index contributed by atoms with van der Waals surface area (Å²) in [6.45, 7) is 1.78. The summed E-state index contributed by atoms with van der Waals surface area (Å²) in [7, 11) is 3.65. The highest BCUT2D eigenvalue weighted by Crippen LogP contribution is 2.21. The molecule has 130 valence electrons. The van der Waals surface area contributed by atoms with E-state index in [2.05, 4.69) is 5.32 Å². The van der Waals surface area contributed by atoms with Crippen molar-refractivity contribution in [1.29, 1.82) is 0 Å². The number of carbonyl (C=O) groups is 1. The van der Waals surface area contributed by atoms with Gasteiger partial charge in [-0.2, -0.15) is 0 Å². The highest BCUT2D eigenvalue weighted by Gasteiger charge is 2.16. The zero-order valence-corrected chi connectivity index (χ0v) is 15.4. The van der Waals surface area contributed by atoms with Gasteiger partial charge in [0.2, 0.25) is 0 Å². The van der Waals surface area contributed by atoms with Gasteiger partial charge in [-0.3, -0.25) is 4.79 Å². The first-order chi connectivity index (χ1) is 11.1. The van der Waals surface area contributed by atoms with Crippen molar-refractivity contribution in [2.24, 2.45) is 0 Å². The van der Waals surface area contributed by atoms with E-state index in [0.717, 1.165) is 12.1 Å². The average Bonchev–Trinajstić information content (AvgIpc) is 2.58. The van der Waals surface area contributed by atoms with E-state index in [4.69, 9.17) is 16.3 Å². The number of hydrogen-bond acceptors (Lipinski definition) is 3. The Morgan fingerprint density at radius 2 is 1.83 bits per heavy atom. The van der Waals surface area contributed by atoms with E-state index < -0.39 is 0 Å². The van der Waals surface area contributed by atoms with Crippen molar-refractivity contribution in [3.63, 3.8) is 0 Å². The predicted molar refractivity (Wildman–Crippen MR) is 100 cm³/mol. The minimum absolute atomic E-state index is 0. The molecule has 1 N–H and O–H groups in total. The Hall–Kier alpha value is -1.75. The summed E-state index contributed by atoms with van der Waals surface area (Å²) in [5.74, 6) is 0.538.